The maximum Gasteiger partial charge on any atom is 0.305 e. The standard InChI is InChI=1S/C17H21N3O5S/c1-4-10(2)25-15-11(6-5-7-12(15)24-3)9-18-20-17-19-16(23)13(26-17)8-14(21)22/h5-7,9-10,13H,4,8H2,1-3H3,(H,21,22)(H,19,20,23). The third-order valence-electron chi connectivity index (χ3n) is 3.61. The van der Waals surface area contributed by atoms with Crippen molar-refractivity contribution < 1.29 is 24.2 Å². The third-order valence-corrected chi connectivity index (χ3v) is 4.68. The quantitative estimate of drug-likeness (QED) is 0.530. The zero-order chi connectivity index (χ0) is 19.1. The Labute approximate surface area is 155 Å². The molecule has 0 saturated carbocycles. The molecule has 0 spiro atoms. The van der Waals surface area contributed by atoms with Crippen LogP contribution in [0.2, 0.25) is 0 Å². The number of amides is 1. The van der Waals surface area contributed by atoms with Crippen LogP contribution in [0.3, 0.4) is 0 Å². The molecule has 1 aromatic rings. The predicted octanol–water partition coefficient (Wildman–Crippen LogP) is 2.27. The summed E-state index contributed by atoms with van der Waals surface area (Å²) >= 11 is 1.05. The number of benzene rings is 1. The van der Waals surface area contributed by atoms with Gasteiger partial charge in [0.25, 0.3) is 0 Å². The van der Waals surface area contributed by atoms with Crippen molar-refractivity contribution in [2.45, 2.75) is 38.0 Å². The minimum Gasteiger partial charge on any atom is -0.493 e. The summed E-state index contributed by atoms with van der Waals surface area (Å²) in [5.74, 6) is -0.258. The van der Waals surface area contributed by atoms with Crippen LogP contribution in [0.4, 0.5) is 0 Å². The molecule has 1 aliphatic heterocycles. The van der Waals surface area contributed by atoms with Crippen molar-refractivity contribution in [2.75, 3.05) is 7.11 Å². The van der Waals surface area contributed by atoms with Gasteiger partial charge in [0.1, 0.15) is 5.25 Å². The van der Waals surface area contributed by atoms with Crippen molar-refractivity contribution >= 4 is 35.0 Å². The summed E-state index contributed by atoms with van der Waals surface area (Å²) in [6, 6.07) is 5.42. The van der Waals surface area contributed by atoms with E-state index < -0.39 is 11.2 Å². The van der Waals surface area contributed by atoms with Crippen LogP contribution in [0.25, 0.3) is 0 Å². The molecule has 0 radical (unpaired) electrons. The van der Waals surface area contributed by atoms with Crippen molar-refractivity contribution in [1.82, 2.24) is 5.32 Å². The van der Waals surface area contributed by atoms with E-state index in [1.807, 2.05) is 26.0 Å². The molecule has 2 unspecified atom stereocenters. The Balaban J connectivity index is 2.15. The molecule has 1 aliphatic rings. The molecule has 8 nitrogen and oxygen atoms in total. The molecule has 0 aromatic heterocycles. The molecule has 2 rings (SSSR count). The highest BCUT2D eigenvalue weighted by Crippen LogP contribution is 2.31. The van der Waals surface area contributed by atoms with E-state index in [1.54, 1.807) is 13.2 Å². The SMILES string of the molecule is CCC(C)Oc1c(C=NN=C2NC(=O)C(CC(=O)O)S2)cccc1OC. The van der Waals surface area contributed by atoms with Crippen LogP contribution in [0.5, 0.6) is 11.5 Å². The van der Waals surface area contributed by atoms with Gasteiger partial charge in [0, 0.05) is 5.56 Å². The number of nitrogens with one attached hydrogen (secondary N) is 1. The highest BCUT2D eigenvalue weighted by Gasteiger charge is 2.32. The first kappa shape index (κ1) is 19.8. The lowest BCUT2D eigenvalue weighted by Gasteiger charge is -2.17. The summed E-state index contributed by atoms with van der Waals surface area (Å²) in [6.45, 7) is 3.98. The maximum absolute atomic E-state index is 11.7. The fraction of sp³-hybridized carbons (Fsp3) is 0.412. The van der Waals surface area contributed by atoms with Crippen LogP contribution >= 0.6 is 11.8 Å². The molecule has 2 atom stereocenters. The summed E-state index contributed by atoms with van der Waals surface area (Å²) in [5.41, 5.74) is 0.686. The van der Waals surface area contributed by atoms with Gasteiger partial charge in [-0.1, -0.05) is 24.8 Å². The molecule has 1 fully saturated rings. The number of carbonyl (C=O) groups excluding carboxylic acids is 1. The number of ether oxygens (including phenoxy) is 2. The number of hydrogen-bond donors (Lipinski definition) is 2. The largest absolute Gasteiger partial charge is 0.493 e. The van der Waals surface area contributed by atoms with Crippen LogP contribution in [0, 0.1) is 0 Å². The lowest BCUT2D eigenvalue weighted by atomic mass is 10.2. The number of rotatable bonds is 8. The van der Waals surface area contributed by atoms with E-state index in [4.69, 9.17) is 14.6 Å². The lowest BCUT2D eigenvalue weighted by molar-refractivity contribution is -0.138. The summed E-state index contributed by atoms with van der Waals surface area (Å²) in [5, 5.41) is 18.8. The number of para-hydroxylation sites is 1. The molecule has 1 heterocycles. The lowest BCUT2D eigenvalue weighted by Crippen LogP contribution is -2.26. The maximum atomic E-state index is 11.7. The summed E-state index contributed by atoms with van der Waals surface area (Å²) in [7, 11) is 1.56. The van der Waals surface area contributed by atoms with E-state index in [-0.39, 0.29) is 23.6 Å². The van der Waals surface area contributed by atoms with Gasteiger partial charge in [-0.25, -0.2) is 0 Å². The Hall–Kier alpha value is -2.55. The monoisotopic (exact) mass is 379 g/mol. The number of aliphatic carboxylic acids is 1. The van der Waals surface area contributed by atoms with E-state index in [2.05, 4.69) is 15.5 Å². The van der Waals surface area contributed by atoms with Crippen molar-refractivity contribution in [3.63, 3.8) is 0 Å². The molecule has 1 aromatic carbocycles. The Bertz CT molecular complexity index is 735. The van der Waals surface area contributed by atoms with Crippen molar-refractivity contribution in [3.8, 4) is 11.5 Å². The normalized spacial score (nSPS) is 19.6. The van der Waals surface area contributed by atoms with Gasteiger partial charge in [0.15, 0.2) is 16.7 Å². The number of carbonyl (C=O) groups is 2. The summed E-state index contributed by atoms with van der Waals surface area (Å²) in [6.07, 6.45) is 2.09. The van der Waals surface area contributed by atoms with E-state index in [0.29, 0.717) is 17.1 Å². The van der Waals surface area contributed by atoms with Gasteiger partial charge in [-0.05, 0) is 25.5 Å². The van der Waals surface area contributed by atoms with Gasteiger partial charge >= 0.3 is 5.97 Å². The van der Waals surface area contributed by atoms with E-state index in [9.17, 15) is 9.59 Å². The Morgan fingerprint density at radius 2 is 2.27 bits per heavy atom. The second-order valence-electron chi connectivity index (χ2n) is 5.56. The van der Waals surface area contributed by atoms with E-state index in [0.717, 1.165) is 18.2 Å². The smallest absolute Gasteiger partial charge is 0.305 e. The molecule has 1 saturated heterocycles. The zero-order valence-corrected chi connectivity index (χ0v) is 15.6. The predicted molar refractivity (Wildman–Crippen MR) is 100 cm³/mol. The van der Waals surface area contributed by atoms with E-state index >= 15 is 0 Å². The van der Waals surface area contributed by atoms with Crippen LogP contribution in [0.15, 0.2) is 28.4 Å². The number of thioether (sulfide) groups is 1. The van der Waals surface area contributed by atoms with Gasteiger partial charge in [0.05, 0.1) is 25.8 Å². The van der Waals surface area contributed by atoms with Crippen molar-refractivity contribution in [1.29, 1.82) is 0 Å². The minimum absolute atomic E-state index is 0.00576. The molecular weight excluding hydrogens is 358 g/mol. The zero-order valence-electron chi connectivity index (χ0n) is 14.8. The van der Waals surface area contributed by atoms with E-state index in [1.165, 1.54) is 6.21 Å². The van der Waals surface area contributed by atoms with Gasteiger partial charge in [-0.15, -0.1) is 5.10 Å². The van der Waals surface area contributed by atoms with Gasteiger partial charge in [-0.3, -0.25) is 9.59 Å². The first-order valence-electron chi connectivity index (χ1n) is 8.08. The van der Waals surface area contributed by atoms with Gasteiger partial charge < -0.3 is 19.9 Å². The number of methoxy groups -OCH3 is 1. The molecule has 1 amide bonds. The van der Waals surface area contributed by atoms with Gasteiger partial charge in [0.2, 0.25) is 5.91 Å². The van der Waals surface area contributed by atoms with Crippen LogP contribution in [0.1, 0.15) is 32.3 Å². The van der Waals surface area contributed by atoms with Crippen LogP contribution in [-0.2, 0) is 9.59 Å². The van der Waals surface area contributed by atoms with Crippen LogP contribution < -0.4 is 14.8 Å². The molecule has 0 bridgehead atoms. The Kier molecular flexibility index (Phi) is 7.02. The molecule has 0 aliphatic carbocycles. The second-order valence-corrected chi connectivity index (χ2v) is 6.75. The van der Waals surface area contributed by atoms with Crippen molar-refractivity contribution in [2.24, 2.45) is 10.2 Å². The summed E-state index contributed by atoms with van der Waals surface area (Å²) < 4.78 is 11.2. The highest BCUT2D eigenvalue weighted by molar-refractivity contribution is 8.15. The Morgan fingerprint density at radius 1 is 1.50 bits per heavy atom. The molecule has 2 N–H and O–H groups in total. The average Bonchev–Trinajstić information content (AvgIpc) is 2.94. The fourth-order valence-corrected chi connectivity index (χ4v) is 3.01. The number of hydrogen-bond acceptors (Lipinski definition) is 7. The Morgan fingerprint density at radius 3 is 2.92 bits per heavy atom. The number of carboxylic acids is 1. The number of carboxylic acid groups (broad SMARTS) is 1. The fourth-order valence-electron chi connectivity index (χ4n) is 2.09. The first-order chi connectivity index (χ1) is 12.4. The third kappa shape index (κ3) is 5.22. The summed E-state index contributed by atoms with van der Waals surface area (Å²) in [4.78, 5) is 22.4. The van der Waals surface area contributed by atoms with Crippen LogP contribution in [-0.4, -0.2) is 46.8 Å². The topological polar surface area (TPSA) is 110 Å². The molecular formula is C17H21N3O5S. The molecule has 140 valence electrons. The van der Waals surface area contributed by atoms with Gasteiger partial charge in [-0.2, -0.15) is 5.10 Å². The average molecular weight is 379 g/mol. The first-order valence-corrected chi connectivity index (χ1v) is 8.96. The van der Waals surface area contributed by atoms with Crippen molar-refractivity contribution in [3.05, 3.63) is 23.8 Å². The second kappa shape index (κ2) is 9.23. The minimum atomic E-state index is -1.04. The number of nitrogens with zero attached hydrogens (tertiary/aromatic N) is 2. The highest BCUT2D eigenvalue weighted by atomic mass is 32.2. The number of amidine groups is 1. The molecule has 9 heteroatoms. The molecule has 26 heavy (non-hydrogen) atoms.